The second-order valence-corrected chi connectivity index (χ2v) is 9.57. The van der Waals surface area contributed by atoms with Gasteiger partial charge in [0.2, 0.25) is 10.4 Å². The van der Waals surface area contributed by atoms with Gasteiger partial charge in [0.15, 0.2) is 0 Å². The Hall–Kier alpha value is 0.870. The van der Waals surface area contributed by atoms with Crippen LogP contribution in [-0.4, -0.2) is 19.6 Å². The van der Waals surface area contributed by atoms with E-state index >= 15 is 0 Å². The van der Waals surface area contributed by atoms with Crippen LogP contribution in [0.2, 0.25) is 0 Å². The van der Waals surface area contributed by atoms with Gasteiger partial charge in [-0.1, -0.05) is 92.4 Å². The van der Waals surface area contributed by atoms with Gasteiger partial charge in [0.1, 0.15) is 0 Å². The summed E-state index contributed by atoms with van der Waals surface area (Å²) in [6.07, 6.45) is 12.2. The predicted octanol–water partition coefficient (Wildman–Crippen LogP) is 2.93. The minimum Gasteiger partial charge on any atom is -0.726 e. The van der Waals surface area contributed by atoms with Crippen LogP contribution in [0.5, 0.6) is 0 Å². The van der Waals surface area contributed by atoms with Crippen LogP contribution in [0.15, 0.2) is 0 Å². The predicted molar refractivity (Wildman–Crippen MR) is 104 cm³/mol. The van der Waals surface area contributed by atoms with Crippen molar-refractivity contribution in [2.45, 2.75) is 98.8 Å². The fourth-order valence-corrected chi connectivity index (χ4v) is 3.59. The van der Waals surface area contributed by atoms with Gasteiger partial charge >= 0.3 is 29.6 Å². The maximum Gasteiger partial charge on any atom is 1.00 e. The Morgan fingerprint density at radius 3 is 1.38 bits per heavy atom. The molecule has 3 atom stereocenters. The molecule has 0 aromatic rings. The molecule has 1 unspecified atom stereocenters. The van der Waals surface area contributed by atoms with E-state index in [0.29, 0.717) is 12.3 Å². The molecule has 26 heavy (non-hydrogen) atoms. The fraction of sp³-hybridized carbons (Fsp3) is 1.00. The van der Waals surface area contributed by atoms with Crippen LogP contribution in [0.1, 0.15) is 98.8 Å². The zero-order valence-corrected chi connectivity index (χ0v) is 20.9. The number of hydrogen-bond donors (Lipinski definition) is 0. The molecular formula is C20H41NaO4S. The van der Waals surface area contributed by atoms with Gasteiger partial charge in [0.05, 0.1) is 6.61 Å². The van der Waals surface area contributed by atoms with E-state index in [0.717, 1.165) is 30.6 Å². The molecule has 0 rings (SSSR count). The third kappa shape index (κ3) is 21.2. The van der Waals surface area contributed by atoms with Crippen molar-refractivity contribution in [1.82, 2.24) is 0 Å². The summed E-state index contributed by atoms with van der Waals surface area (Å²) in [5.41, 5.74) is 0. The van der Waals surface area contributed by atoms with Crippen molar-refractivity contribution in [2.75, 3.05) is 6.61 Å². The first kappa shape index (κ1) is 29.1. The van der Waals surface area contributed by atoms with E-state index in [4.69, 9.17) is 0 Å². The van der Waals surface area contributed by atoms with Crippen molar-refractivity contribution in [1.29, 1.82) is 0 Å². The van der Waals surface area contributed by atoms with Crippen LogP contribution in [-0.2, 0) is 14.6 Å². The molecule has 0 aromatic heterocycles. The monoisotopic (exact) mass is 400 g/mol. The average molecular weight is 401 g/mol. The van der Waals surface area contributed by atoms with Gasteiger partial charge in [-0.3, -0.25) is 4.18 Å². The summed E-state index contributed by atoms with van der Waals surface area (Å²) in [4.78, 5) is 0. The first-order valence-corrected chi connectivity index (χ1v) is 11.5. The minimum atomic E-state index is -4.53. The van der Waals surface area contributed by atoms with E-state index in [-0.39, 0.29) is 36.2 Å². The first-order valence-electron chi connectivity index (χ1n) is 10.2. The third-order valence-electron chi connectivity index (χ3n) is 5.10. The van der Waals surface area contributed by atoms with E-state index in [1.165, 1.54) is 44.9 Å². The molecule has 0 aliphatic rings. The summed E-state index contributed by atoms with van der Waals surface area (Å²) in [7, 11) is -4.53. The van der Waals surface area contributed by atoms with Crippen molar-refractivity contribution < 1.29 is 46.7 Å². The van der Waals surface area contributed by atoms with Gasteiger partial charge < -0.3 is 4.55 Å². The van der Waals surface area contributed by atoms with Crippen molar-refractivity contribution in [2.24, 2.45) is 23.7 Å². The van der Waals surface area contributed by atoms with Crippen LogP contribution >= 0.6 is 0 Å². The van der Waals surface area contributed by atoms with E-state index in [9.17, 15) is 13.0 Å². The standard InChI is InChI=1S/C20H42O4S.Na/c1-17(2)9-6-10-18(3)11-7-12-19(4)13-8-14-20(5)15-16-24-25(21,22)23;/h17-20H,6-16H2,1-5H3,(H,21,22,23);/q;+1/p-1/t18-,19-,20?;/m0./s1. The molecule has 6 heteroatoms. The van der Waals surface area contributed by atoms with Crippen molar-refractivity contribution in [3.05, 3.63) is 0 Å². The molecule has 0 radical (unpaired) electrons. The molecule has 0 fully saturated rings. The molecule has 152 valence electrons. The van der Waals surface area contributed by atoms with Crippen molar-refractivity contribution in [3.63, 3.8) is 0 Å². The Kier molecular flexibility index (Phi) is 18.8. The van der Waals surface area contributed by atoms with Crippen molar-refractivity contribution in [3.8, 4) is 0 Å². The SMILES string of the molecule is CC(C)CCC[C@H](C)CCC[C@H](C)CCCC(C)CCOS(=O)(=O)[O-].[Na+]. The topological polar surface area (TPSA) is 66.4 Å². The van der Waals surface area contributed by atoms with Crippen LogP contribution in [0, 0.1) is 23.7 Å². The summed E-state index contributed by atoms with van der Waals surface area (Å²) >= 11 is 0. The molecule has 0 aliphatic heterocycles. The van der Waals surface area contributed by atoms with Gasteiger partial charge in [-0.05, 0) is 30.1 Å². The molecular weight excluding hydrogens is 359 g/mol. The number of rotatable bonds is 16. The van der Waals surface area contributed by atoms with E-state index in [1.54, 1.807) is 0 Å². The molecule has 0 saturated heterocycles. The van der Waals surface area contributed by atoms with E-state index < -0.39 is 10.4 Å². The van der Waals surface area contributed by atoms with Crippen LogP contribution in [0.4, 0.5) is 0 Å². The Morgan fingerprint density at radius 1 is 0.692 bits per heavy atom. The van der Waals surface area contributed by atoms with Gasteiger partial charge in [-0.25, -0.2) is 8.42 Å². The van der Waals surface area contributed by atoms with Gasteiger partial charge in [0, 0.05) is 0 Å². The average Bonchev–Trinajstić information content (AvgIpc) is 2.45. The zero-order chi connectivity index (χ0) is 19.3. The molecule has 0 N–H and O–H groups in total. The fourth-order valence-electron chi connectivity index (χ4n) is 3.29. The molecule has 4 nitrogen and oxygen atoms in total. The summed E-state index contributed by atoms with van der Waals surface area (Å²) in [5.74, 6) is 2.83. The Labute approximate surface area is 185 Å². The maximum atomic E-state index is 10.4. The first-order chi connectivity index (χ1) is 11.6. The van der Waals surface area contributed by atoms with Gasteiger partial charge in [-0.2, -0.15) is 0 Å². The second-order valence-electron chi connectivity index (χ2n) is 8.52. The summed E-state index contributed by atoms with van der Waals surface area (Å²) in [6, 6.07) is 0. The Balaban J connectivity index is 0. The molecule has 0 saturated carbocycles. The van der Waals surface area contributed by atoms with E-state index in [2.05, 4.69) is 38.8 Å². The molecule has 0 heterocycles. The molecule has 0 spiro atoms. The third-order valence-corrected chi connectivity index (χ3v) is 5.56. The Morgan fingerprint density at radius 2 is 1.04 bits per heavy atom. The smallest absolute Gasteiger partial charge is 0.726 e. The summed E-state index contributed by atoms with van der Waals surface area (Å²) in [6.45, 7) is 11.4. The van der Waals surface area contributed by atoms with Gasteiger partial charge in [-0.15, -0.1) is 0 Å². The van der Waals surface area contributed by atoms with E-state index in [1.807, 2.05) is 0 Å². The molecule has 0 amide bonds. The normalized spacial score (nSPS) is 15.5. The van der Waals surface area contributed by atoms with Crippen LogP contribution in [0.25, 0.3) is 0 Å². The summed E-state index contributed by atoms with van der Waals surface area (Å²) < 4.78 is 35.4. The number of hydrogen-bond acceptors (Lipinski definition) is 4. The van der Waals surface area contributed by atoms with Crippen LogP contribution in [0.3, 0.4) is 0 Å². The zero-order valence-electron chi connectivity index (χ0n) is 18.1. The Bertz CT molecular complexity index is 412. The molecule has 0 aromatic carbocycles. The second kappa shape index (κ2) is 16.8. The summed E-state index contributed by atoms with van der Waals surface area (Å²) in [5, 5.41) is 0. The maximum absolute atomic E-state index is 10.4. The largest absolute Gasteiger partial charge is 1.00 e. The van der Waals surface area contributed by atoms with Gasteiger partial charge in [0.25, 0.3) is 0 Å². The van der Waals surface area contributed by atoms with Crippen molar-refractivity contribution >= 4 is 10.4 Å². The minimum absolute atomic E-state index is 0. The molecule has 0 bridgehead atoms. The molecule has 0 aliphatic carbocycles. The van der Waals surface area contributed by atoms with Crippen LogP contribution < -0.4 is 29.6 Å². The quantitative estimate of drug-likeness (QED) is 0.227.